The zero-order valence-corrected chi connectivity index (χ0v) is 13.9. The molecule has 0 unspecified atom stereocenters. The highest BCUT2D eigenvalue weighted by atomic mass is 32.2. The number of hydrogen-bond acceptors (Lipinski definition) is 4. The molecular weight excluding hydrogens is 280 g/mol. The van der Waals surface area contributed by atoms with E-state index in [0.717, 1.165) is 4.88 Å². The summed E-state index contributed by atoms with van der Waals surface area (Å²) in [4.78, 5) is 1.32. The Morgan fingerprint density at radius 2 is 1.95 bits per heavy atom. The molecule has 0 amide bonds. The Bertz CT molecular complexity index is 492. The molecule has 1 aromatic rings. The summed E-state index contributed by atoms with van der Waals surface area (Å²) in [5.41, 5.74) is 0. The average molecular weight is 304 g/mol. The molecule has 0 bridgehead atoms. The average Bonchev–Trinajstić information content (AvgIpc) is 2.73. The van der Waals surface area contributed by atoms with E-state index in [2.05, 4.69) is 5.32 Å². The molecule has 0 aliphatic heterocycles. The maximum atomic E-state index is 12.5. The summed E-state index contributed by atoms with van der Waals surface area (Å²) in [7, 11) is -1.72. The molecule has 0 radical (unpaired) electrons. The molecular formula is C13H24N2O2S2. The van der Waals surface area contributed by atoms with Crippen molar-refractivity contribution >= 4 is 21.4 Å². The maximum Gasteiger partial charge on any atom is 0.243 e. The van der Waals surface area contributed by atoms with Gasteiger partial charge in [0.15, 0.2) is 0 Å². The Morgan fingerprint density at radius 3 is 2.47 bits per heavy atom. The summed E-state index contributed by atoms with van der Waals surface area (Å²) in [6.07, 6.45) is 0. The van der Waals surface area contributed by atoms with E-state index in [1.54, 1.807) is 13.1 Å². The first-order valence-corrected chi connectivity index (χ1v) is 8.83. The van der Waals surface area contributed by atoms with E-state index < -0.39 is 10.0 Å². The van der Waals surface area contributed by atoms with E-state index in [4.69, 9.17) is 0 Å². The van der Waals surface area contributed by atoms with Gasteiger partial charge in [0.05, 0.1) is 4.90 Å². The van der Waals surface area contributed by atoms with Crippen LogP contribution in [0.1, 0.15) is 32.6 Å². The zero-order valence-electron chi connectivity index (χ0n) is 12.3. The minimum atomic E-state index is -3.37. The lowest BCUT2D eigenvalue weighted by molar-refractivity contribution is 0.416. The smallest absolute Gasteiger partial charge is 0.243 e. The quantitative estimate of drug-likeness (QED) is 0.842. The summed E-state index contributed by atoms with van der Waals surface area (Å²) in [5.74, 6) is 0.315. The van der Waals surface area contributed by atoms with E-state index >= 15 is 0 Å². The third-order valence-electron chi connectivity index (χ3n) is 2.69. The largest absolute Gasteiger partial charge is 0.310 e. The molecule has 0 aliphatic carbocycles. The molecule has 1 rings (SSSR count). The fraction of sp³-hybridized carbons (Fsp3) is 0.692. The lowest BCUT2D eigenvalue weighted by atomic mass is 10.2. The Morgan fingerprint density at radius 1 is 1.32 bits per heavy atom. The lowest BCUT2D eigenvalue weighted by Gasteiger charge is -2.19. The van der Waals surface area contributed by atoms with Gasteiger partial charge in [0.2, 0.25) is 10.0 Å². The lowest BCUT2D eigenvalue weighted by Crippen LogP contribution is -2.31. The van der Waals surface area contributed by atoms with E-state index in [0.29, 0.717) is 29.9 Å². The first kappa shape index (κ1) is 16.6. The van der Waals surface area contributed by atoms with Crippen molar-refractivity contribution in [2.75, 3.05) is 13.6 Å². The van der Waals surface area contributed by atoms with Crippen molar-refractivity contribution in [3.05, 3.63) is 16.3 Å². The summed E-state index contributed by atoms with van der Waals surface area (Å²) < 4.78 is 26.4. The van der Waals surface area contributed by atoms with E-state index in [9.17, 15) is 8.42 Å². The monoisotopic (exact) mass is 304 g/mol. The highest BCUT2D eigenvalue weighted by Gasteiger charge is 2.25. The normalized spacial score (nSPS) is 12.8. The maximum absolute atomic E-state index is 12.5. The molecule has 0 aromatic carbocycles. The zero-order chi connectivity index (χ0) is 14.6. The predicted octanol–water partition coefficient (Wildman–Crippen LogP) is 2.52. The van der Waals surface area contributed by atoms with Crippen molar-refractivity contribution < 1.29 is 8.42 Å². The van der Waals surface area contributed by atoms with Crippen LogP contribution in [0.4, 0.5) is 0 Å². The molecule has 0 spiro atoms. The van der Waals surface area contributed by atoms with Crippen LogP contribution in [0.15, 0.2) is 16.3 Å². The molecule has 1 N–H and O–H groups in total. The van der Waals surface area contributed by atoms with Gasteiger partial charge in [-0.15, -0.1) is 11.3 Å². The van der Waals surface area contributed by atoms with Crippen LogP contribution in [0.2, 0.25) is 0 Å². The van der Waals surface area contributed by atoms with Gasteiger partial charge in [-0.3, -0.25) is 0 Å². The Kier molecular flexibility index (Phi) is 5.98. The molecule has 1 heterocycles. The second-order valence-corrected chi connectivity index (χ2v) is 8.44. The standard InChI is InChI=1S/C13H24N2O2S2/c1-10(2)9-15(5)19(16,17)13-6-7-18-12(13)8-14-11(3)4/h6-7,10-11,14H,8-9H2,1-5H3. The Balaban J connectivity index is 2.92. The summed E-state index contributed by atoms with van der Waals surface area (Å²) >= 11 is 1.49. The first-order chi connectivity index (χ1) is 8.75. The van der Waals surface area contributed by atoms with E-state index in [-0.39, 0.29) is 0 Å². The number of thiophene rings is 1. The second kappa shape index (κ2) is 6.83. The summed E-state index contributed by atoms with van der Waals surface area (Å²) in [6, 6.07) is 2.04. The number of hydrogen-bond donors (Lipinski definition) is 1. The third-order valence-corrected chi connectivity index (χ3v) is 5.64. The molecule has 19 heavy (non-hydrogen) atoms. The minimum absolute atomic E-state index is 0.315. The Labute approximate surface area is 120 Å². The van der Waals surface area contributed by atoms with Crippen LogP contribution in [-0.2, 0) is 16.6 Å². The van der Waals surface area contributed by atoms with Gasteiger partial charge in [0, 0.05) is 31.1 Å². The van der Waals surface area contributed by atoms with E-state index in [1.807, 2.05) is 33.1 Å². The molecule has 6 heteroatoms. The van der Waals surface area contributed by atoms with Crippen LogP contribution in [-0.4, -0.2) is 32.4 Å². The van der Waals surface area contributed by atoms with Gasteiger partial charge in [-0.2, -0.15) is 0 Å². The summed E-state index contributed by atoms with van der Waals surface area (Å²) in [5, 5.41) is 5.11. The predicted molar refractivity (Wildman–Crippen MR) is 80.9 cm³/mol. The topological polar surface area (TPSA) is 49.4 Å². The van der Waals surface area contributed by atoms with Gasteiger partial charge in [-0.05, 0) is 17.4 Å². The van der Waals surface area contributed by atoms with Crippen molar-refractivity contribution in [1.82, 2.24) is 9.62 Å². The number of nitrogens with one attached hydrogen (secondary N) is 1. The molecule has 110 valence electrons. The molecule has 0 aliphatic rings. The van der Waals surface area contributed by atoms with Gasteiger partial charge in [0.25, 0.3) is 0 Å². The van der Waals surface area contributed by atoms with Crippen LogP contribution in [0.3, 0.4) is 0 Å². The van der Waals surface area contributed by atoms with Crippen molar-refractivity contribution in [2.24, 2.45) is 5.92 Å². The molecule has 0 saturated heterocycles. The highest BCUT2D eigenvalue weighted by molar-refractivity contribution is 7.89. The van der Waals surface area contributed by atoms with Gasteiger partial charge in [0.1, 0.15) is 0 Å². The van der Waals surface area contributed by atoms with Crippen LogP contribution < -0.4 is 5.32 Å². The second-order valence-electron chi connectivity index (χ2n) is 5.42. The van der Waals surface area contributed by atoms with Crippen molar-refractivity contribution in [3.8, 4) is 0 Å². The van der Waals surface area contributed by atoms with E-state index in [1.165, 1.54) is 15.6 Å². The minimum Gasteiger partial charge on any atom is -0.310 e. The fourth-order valence-electron chi connectivity index (χ4n) is 1.76. The SMILES string of the molecule is CC(C)CN(C)S(=O)(=O)c1ccsc1CNC(C)C. The van der Waals surface area contributed by atoms with Crippen molar-refractivity contribution in [2.45, 2.75) is 45.2 Å². The number of nitrogens with zero attached hydrogens (tertiary/aromatic N) is 1. The molecule has 0 fully saturated rings. The van der Waals surface area contributed by atoms with Crippen LogP contribution in [0.5, 0.6) is 0 Å². The number of rotatable bonds is 7. The van der Waals surface area contributed by atoms with Gasteiger partial charge >= 0.3 is 0 Å². The van der Waals surface area contributed by atoms with Crippen LogP contribution >= 0.6 is 11.3 Å². The fourth-order valence-corrected chi connectivity index (χ4v) is 4.46. The first-order valence-electron chi connectivity index (χ1n) is 6.51. The molecule has 0 saturated carbocycles. The summed E-state index contributed by atoms with van der Waals surface area (Å²) in [6.45, 7) is 9.26. The van der Waals surface area contributed by atoms with Gasteiger partial charge < -0.3 is 5.32 Å². The number of sulfonamides is 1. The van der Waals surface area contributed by atoms with Gasteiger partial charge in [-0.25, -0.2) is 12.7 Å². The van der Waals surface area contributed by atoms with Crippen LogP contribution in [0.25, 0.3) is 0 Å². The third kappa shape index (κ3) is 4.56. The van der Waals surface area contributed by atoms with Crippen LogP contribution in [0, 0.1) is 5.92 Å². The Hall–Kier alpha value is -0.430. The van der Waals surface area contributed by atoms with Gasteiger partial charge in [-0.1, -0.05) is 27.7 Å². The molecule has 1 aromatic heterocycles. The highest BCUT2D eigenvalue weighted by Crippen LogP contribution is 2.25. The molecule has 0 atom stereocenters. The van der Waals surface area contributed by atoms with Crippen molar-refractivity contribution in [1.29, 1.82) is 0 Å². The molecule has 4 nitrogen and oxygen atoms in total. The van der Waals surface area contributed by atoms with Crippen molar-refractivity contribution in [3.63, 3.8) is 0 Å².